The smallest absolute Gasteiger partial charge is 0.355 e. The number of aryl methyl sites for hydroxylation is 1. The van der Waals surface area contributed by atoms with Crippen LogP contribution in [-0.4, -0.2) is 38.3 Å². The molecule has 2 N–H and O–H groups in total. The van der Waals surface area contributed by atoms with Crippen LogP contribution in [0.3, 0.4) is 0 Å². The third-order valence-electron chi connectivity index (χ3n) is 3.53. The van der Waals surface area contributed by atoms with Crippen LogP contribution in [0.4, 0.5) is 0 Å². The van der Waals surface area contributed by atoms with Crippen molar-refractivity contribution in [2.45, 2.75) is 26.8 Å². The van der Waals surface area contributed by atoms with Crippen molar-refractivity contribution < 1.29 is 24.5 Å². The average Bonchev–Trinajstić information content (AvgIpc) is 2.83. The van der Waals surface area contributed by atoms with Gasteiger partial charge in [-0.15, -0.1) is 0 Å². The first-order valence-corrected chi connectivity index (χ1v) is 7.22. The molecule has 0 atom stereocenters. The van der Waals surface area contributed by atoms with Crippen LogP contribution in [0, 0.1) is 0 Å². The zero-order chi connectivity index (χ0) is 17.1. The van der Waals surface area contributed by atoms with Crippen molar-refractivity contribution in [3.63, 3.8) is 0 Å². The van der Waals surface area contributed by atoms with Crippen molar-refractivity contribution in [1.82, 2.24) is 9.55 Å². The highest BCUT2D eigenvalue weighted by Crippen LogP contribution is 2.34. The number of ether oxygens (including phenoxy) is 1. The molecule has 0 aliphatic heterocycles. The van der Waals surface area contributed by atoms with Crippen LogP contribution < -0.4 is 4.74 Å². The van der Waals surface area contributed by atoms with Gasteiger partial charge in [0, 0.05) is 6.54 Å². The van der Waals surface area contributed by atoms with E-state index in [1.807, 2.05) is 18.4 Å². The van der Waals surface area contributed by atoms with Crippen molar-refractivity contribution in [3.05, 3.63) is 35.7 Å². The van der Waals surface area contributed by atoms with Gasteiger partial charge in [-0.25, -0.2) is 14.6 Å². The van der Waals surface area contributed by atoms with Crippen LogP contribution >= 0.6 is 0 Å². The second kappa shape index (κ2) is 6.51. The highest BCUT2D eigenvalue weighted by molar-refractivity contribution is 6.04. The first-order chi connectivity index (χ1) is 11.0. The number of aromatic carboxylic acids is 2. The van der Waals surface area contributed by atoms with Gasteiger partial charge in [0.15, 0.2) is 11.4 Å². The highest BCUT2D eigenvalue weighted by atomic mass is 16.5. The van der Waals surface area contributed by atoms with Crippen LogP contribution in [0.1, 0.15) is 40.4 Å². The lowest BCUT2D eigenvalue weighted by Gasteiger charge is -2.07. The number of carboxylic acid groups (broad SMARTS) is 2. The van der Waals surface area contributed by atoms with E-state index in [1.54, 1.807) is 6.08 Å². The number of hydrogen-bond acceptors (Lipinski definition) is 4. The summed E-state index contributed by atoms with van der Waals surface area (Å²) in [5, 5.41) is 18.5. The number of nitrogens with zero attached hydrogens (tertiary/aromatic N) is 2. The molecular formula is C16H18N2O5. The lowest BCUT2D eigenvalue weighted by molar-refractivity contribution is 0.0647. The molecule has 2 aromatic rings. The SMILES string of the molecule is C=CCOc1c(CC)n(CC)c2cc(C(=O)O)c(C(=O)O)nc12. The quantitative estimate of drug-likeness (QED) is 0.761. The van der Waals surface area contributed by atoms with Gasteiger partial charge in [-0.3, -0.25) is 0 Å². The Morgan fingerprint density at radius 3 is 2.52 bits per heavy atom. The number of hydrogen-bond donors (Lipinski definition) is 2. The molecule has 2 heterocycles. The molecule has 0 bridgehead atoms. The monoisotopic (exact) mass is 318 g/mol. The van der Waals surface area contributed by atoms with Crippen LogP contribution in [-0.2, 0) is 13.0 Å². The first-order valence-electron chi connectivity index (χ1n) is 7.22. The average molecular weight is 318 g/mol. The fourth-order valence-corrected chi connectivity index (χ4v) is 2.61. The van der Waals surface area contributed by atoms with Gasteiger partial charge in [0.1, 0.15) is 12.1 Å². The predicted molar refractivity (Wildman–Crippen MR) is 84.4 cm³/mol. The maximum Gasteiger partial charge on any atom is 0.355 e. The van der Waals surface area contributed by atoms with Gasteiger partial charge in [0.25, 0.3) is 0 Å². The molecular weight excluding hydrogens is 300 g/mol. The molecule has 0 saturated heterocycles. The fourth-order valence-electron chi connectivity index (χ4n) is 2.61. The zero-order valence-electron chi connectivity index (χ0n) is 13.0. The minimum absolute atomic E-state index is 0.251. The summed E-state index contributed by atoms with van der Waals surface area (Å²) in [7, 11) is 0. The summed E-state index contributed by atoms with van der Waals surface area (Å²) in [6.45, 7) is 8.30. The first kappa shape index (κ1) is 16.5. The Balaban J connectivity index is 2.88. The van der Waals surface area contributed by atoms with E-state index in [9.17, 15) is 19.8 Å². The van der Waals surface area contributed by atoms with E-state index in [0.717, 1.165) is 5.69 Å². The third kappa shape index (κ3) is 2.77. The topological polar surface area (TPSA) is 102 Å². The number of carbonyl (C=O) groups is 2. The zero-order valence-corrected chi connectivity index (χ0v) is 13.0. The summed E-state index contributed by atoms with van der Waals surface area (Å²) in [6, 6.07) is 1.34. The van der Waals surface area contributed by atoms with E-state index in [4.69, 9.17) is 4.74 Å². The molecule has 0 aliphatic carbocycles. The standard InChI is InChI=1S/C16H18N2O5/c1-4-7-23-14-10(5-2)18(6-3)11-8-9(15(19)20)12(16(21)22)17-13(11)14/h4,8H,1,5-7H2,2-3H3,(H,19,20)(H,21,22). The molecule has 0 unspecified atom stereocenters. The molecule has 0 aromatic carbocycles. The highest BCUT2D eigenvalue weighted by Gasteiger charge is 2.25. The van der Waals surface area contributed by atoms with E-state index in [0.29, 0.717) is 29.7 Å². The van der Waals surface area contributed by atoms with Crippen LogP contribution in [0.25, 0.3) is 11.0 Å². The van der Waals surface area contributed by atoms with Gasteiger partial charge >= 0.3 is 11.9 Å². The van der Waals surface area contributed by atoms with E-state index in [2.05, 4.69) is 11.6 Å². The molecule has 2 aromatic heterocycles. The van der Waals surface area contributed by atoms with Gasteiger partial charge in [-0.2, -0.15) is 0 Å². The molecule has 23 heavy (non-hydrogen) atoms. The van der Waals surface area contributed by atoms with E-state index in [1.165, 1.54) is 6.07 Å². The largest absolute Gasteiger partial charge is 0.485 e. The summed E-state index contributed by atoms with van der Waals surface area (Å²) in [4.78, 5) is 26.7. The second-order valence-corrected chi connectivity index (χ2v) is 4.84. The molecule has 0 fully saturated rings. The molecule has 7 heteroatoms. The molecule has 0 spiro atoms. The summed E-state index contributed by atoms with van der Waals surface area (Å²) >= 11 is 0. The summed E-state index contributed by atoms with van der Waals surface area (Å²) in [6.07, 6.45) is 2.22. The van der Waals surface area contributed by atoms with E-state index in [-0.39, 0.29) is 12.2 Å². The molecule has 7 nitrogen and oxygen atoms in total. The molecule has 0 aliphatic rings. The van der Waals surface area contributed by atoms with Crippen LogP contribution in [0.5, 0.6) is 5.75 Å². The number of rotatable bonds is 7. The maximum absolute atomic E-state index is 11.3. The third-order valence-corrected chi connectivity index (χ3v) is 3.53. The Morgan fingerprint density at radius 2 is 2.04 bits per heavy atom. The molecule has 122 valence electrons. The summed E-state index contributed by atoms with van der Waals surface area (Å²) < 4.78 is 7.55. The lowest BCUT2D eigenvalue weighted by Crippen LogP contribution is -2.11. The predicted octanol–water partition coefficient (Wildman–Crippen LogP) is 2.58. The number of pyridine rings is 1. The van der Waals surface area contributed by atoms with Crippen LogP contribution in [0.15, 0.2) is 18.7 Å². The van der Waals surface area contributed by atoms with Gasteiger partial charge < -0.3 is 19.5 Å². The van der Waals surface area contributed by atoms with Crippen molar-refractivity contribution in [2.75, 3.05) is 6.61 Å². The lowest BCUT2D eigenvalue weighted by atomic mass is 10.1. The van der Waals surface area contributed by atoms with E-state index < -0.39 is 17.6 Å². The normalized spacial score (nSPS) is 10.7. The van der Waals surface area contributed by atoms with Gasteiger partial charge in [-0.05, 0) is 19.4 Å². The van der Waals surface area contributed by atoms with E-state index >= 15 is 0 Å². The van der Waals surface area contributed by atoms with Crippen molar-refractivity contribution in [1.29, 1.82) is 0 Å². The molecule has 0 saturated carbocycles. The van der Waals surface area contributed by atoms with Gasteiger partial charge in [0.05, 0.1) is 16.8 Å². The number of fused-ring (bicyclic) bond motifs is 1. The Morgan fingerprint density at radius 1 is 1.35 bits per heavy atom. The molecule has 0 amide bonds. The molecule has 2 rings (SSSR count). The summed E-state index contributed by atoms with van der Waals surface area (Å²) in [5.74, 6) is -2.24. The van der Waals surface area contributed by atoms with Crippen molar-refractivity contribution in [3.8, 4) is 5.75 Å². The molecule has 0 radical (unpaired) electrons. The minimum atomic E-state index is -1.39. The van der Waals surface area contributed by atoms with Gasteiger partial charge in [0.2, 0.25) is 0 Å². The Kier molecular flexibility index (Phi) is 4.68. The van der Waals surface area contributed by atoms with Crippen molar-refractivity contribution in [2.24, 2.45) is 0 Å². The fraction of sp³-hybridized carbons (Fsp3) is 0.312. The van der Waals surface area contributed by atoms with Crippen molar-refractivity contribution >= 4 is 23.0 Å². The van der Waals surface area contributed by atoms with Crippen LogP contribution in [0.2, 0.25) is 0 Å². The second-order valence-electron chi connectivity index (χ2n) is 4.84. The minimum Gasteiger partial charge on any atom is -0.485 e. The Bertz CT molecular complexity index is 792. The Hall–Kier alpha value is -2.83. The summed E-state index contributed by atoms with van der Waals surface area (Å²) in [5.41, 5.74) is 0.911. The maximum atomic E-state index is 11.3. The number of aromatic nitrogens is 2. The van der Waals surface area contributed by atoms with Gasteiger partial charge in [-0.1, -0.05) is 19.6 Å². The number of carboxylic acids is 2. The Labute approximate surface area is 132 Å².